The van der Waals surface area contributed by atoms with Gasteiger partial charge in [0, 0.05) is 17.2 Å². The summed E-state index contributed by atoms with van der Waals surface area (Å²) in [5.74, 6) is 0.499. The van der Waals surface area contributed by atoms with Gasteiger partial charge >= 0.3 is 0 Å². The summed E-state index contributed by atoms with van der Waals surface area (Å²) in [6, 6.07) is 0. The van der Waals surface area contributed by atoms with Crippen LogP contribution in [-0.4, -0.2) is 16.4 Å². The second kappa shape index (κ2) is 3.09. The SMILES string of the molecule is CC(C)(C)C1=CC(=N)N(Br)CN1. The van der Waals surface area contributed by atoms with E-state index in [-0.39, 0.29) is 5.41 Å². The molecule has 0 spiro atoms. The van der Waals surface area contributed by atoms with E-state index in [0.717, 1.165) is 5.70 Å². The van der Waals surface area contributed by atoms with Crippen LogP contribution in [-0.2, 0) is 0 Å². The van der Waals surface area contributed by atoms with Gasteiger partial charge in [0.1, 0.15) is 5.84 Å². The number of nitrogens with one attached hydrogen (secondary N) is 2. The summed E-state index contributed by atoms with van der Waals surface area (Å²) < 4.78 is 1.68. The van der Waals surface area contributed by atoms with Crippen LogP contribution < -0.4 is 5.32 Å². The molecule has 1 aliphatic rings. The molecule has 2 N–H and O–H groups in total. The van der Waals surface area contributed by atoms with Gasteiger partial charge in [0.25, 0.3) is 0 Å². The molecule has 4 heteroatoms. The standard InChI is InChI=1S/C8H14BrN3/c1-8(2,3)6-4-7(10)12(9)5-11-6/h4,10-11H,5H2,1-3H3. The average molecular weight is 232 g/mol. The number of rotatable bonds is 0. The highest BCUT2D eigenvalue weighted by Crippen LogP contribution is 2.25. The molecule has 12 heavy (non-hydrogen) atoms. The second-order valence-electron chi connectivity index (χ2n) is 3.89. The first-order chi connectivity index (χ1) is 5.41. The third-order valence-corrected chi connectivity index (χ3v) is 2.39. The van der Waals surface area contributed by atoms with E-state index in [2.05, 4.69) is 42.2 Å². The minimum Gasteiger partial charge on any atom is -0.370 e. The lowest BCUT2D eigenvalue weighted by molar-refractivity contribution is 0.434. The van der Waals surface area contributed by atoms with Crippen molar-refractivity contribution in [3.63, 3.8) is 0 Å². The molecule has 1 heterocycles. The summed E-state index contributed by atoms with van der Waals surface area (Å²) in [6.45, 7) is 7.04. The molecule has 0 saturated carbocycles. The molecule has 0 radical (unpaired) electrons. The Morgan fingerprint density at radius 3 is 2.58 bits per heavy atom. The van der Waals surface area contributed by atoms with Crippen LogP contribution in [0.2, 0.25) is 0 Å². The van der Waals surface area contributed by atoms with Gasteiger partial charge in [-0.2, -0.15) is 0 Å². The van der Waals surface area contributed by atoms with E-state index >= 15 is 0 Å². The molecule has 0 aliphatic carbocycles. The number of hydrogen-bond donors (Lipinski definition) is 2. The number of nitrogens with zero attached hydrogens (tertiary/aromatic N) is 1. The third-order valence-electron chi connectivity index (χ3n) is 1.76. The van der Waals surface area contributed by atoms with E-state index in [0.29, 0.717) is 12.5 Å². The van der Waals surface area contributed by atoms with Gasteiger partial charge in [-0.15, -0.1) is 0 Å². The first kappa shape index (κ1) is 9.58. The lowest BCUT2D eigenvalue weighted by atomic mass is 9.91. The van der Waals surface area contributed by atoms with Crippen molar-refractivity contribution in [2.75, 3.05) is 6.67 Å². The number of halogens is 1. The summed E-state index contributed by atoms with van der Waals surface area (Å²) in [4.78, 5) is 0. The number of amidine groups is 1. The van der Waals surface area contributed by atoms with Gasteiger partial charge in [0.05, 0.1) is 22.8 Å². The maximum absolute atomic E-state index is 7.57. The normalized spacial score (nSPS) is 18.8. The van der Waals surface area contributed by atoms with E-state index in [1.54, 1.807) is 3.93 Å². The smallest absolute Gasteiger partial charge is 0.134 e. The van der Waals surface area contributed by atoms with Crippen LogP contribution in [0.5, 0.6) is 0 Å². The molecule has 1 rings (SSSR count). The van der Waals surface area contributed by atoms with Crippen molar-refractivity contribution in [3.05, 3.63) is 11.8 Å². The fourth-order valence-electron chi connectivity index (χ4n) is 0.979. The lowest BCUT2D eigenvalue weighted by Gasteiger charge is -2.31. The van der Waals surface area contributed by atoms with E-state index in [9.17, 15) is 0 Å². The first-order valence-electron chi connectivity index (χ1n) is 3.89. The van der Waals surface area contributed by atoms with Crippen LogP contribution in [0.4, 0.5) is 0 Å². The Balaban J connectivity index is 2.83. The Bertz CT molecular complexity index is 227. The van der Waals surface area contributed by atoms with Crippen molar-refractivity contribution < 1.29 is 0 Å². The second-order valence-corrected chi connectivity index (χ2v) is 4.75. The molecular formula is C8H14BrN3. The Kier molecular flexibility index (Phi) is 2.46. The van der Waals surface area contributed by atoms with Gasteiger partial charge in [-0.1, -0.05) is 20.8 Å². The average Bonchev–Trinajstić information content (AvgIpc) is 1.92. The molecule has 68 valence electrons. The molecule has 0 bridgehead atoms. The Hall–Kier alpha value is -0.510. The Labute approximate surface area is 81.7 Å². The molecule has 0 aromatic rings. The van der Waals surface area contributed by atoms with Crippen LogP contribution in [0.15, 0.2) is 11.8 Å². The zero-order valence-corrected chi connectivity index (χ0v) is 9.20. The van der Waals surface area contributed by atoms with Crippen LogP contribution >= 0.6 is 16.1 Å². The number of allylic oxidation sites excluding steroid dienone is 1. The van der Waals surface area contributed by atoms with Crippen LogP contribution in [0.3, 0.4) is 0 Å². The molecule has 0 aromatic heterocycles. The van der Waals surface area contributed by atoms with Crippen molar-refractivity contribution in [2.45, 2.75) is 20.8 Å². The number of hydrogen-bond acceptors (Lipinski definition) is 2. The summed E-state index contributed by atoms with van der Waals surface area (Å²) in [5.41, 5.74) is 1.21. The van der Waals surface area contributed by atoms with Crippen molar-refractivity contribution in [2.24, 2.45) is 5.41 Å². The summed E-state index contributed by atoms with van der Waals surface area (Å²) in [7, 11) is 0. The summed E-state index contributed by atoms with van der Waals surface area (Å²) in [5, 5.41) is 10.8. The highest BCUT2D eigenvalue weighted by Gasteiger charge is 2.22. The monoisotopic (exact) mass is 231 g/mol. The van der Waals surface area contributed by atoms with Gasteiger partial charge in [0.2, 0.25) is 0 Å². The highest BCUT2D eigenvalue weighted by molar-refractivity contribution is 9.07. The van der Waals surface area contributed by atoms with Gasteiger partial charge < -0.3 is 5.32 Å². The predicted octanol–water partition coefficient (Wildman–Crippen LogP) is 2.07. The Morgan fingerprint density at radius 2 is 2.17 bits per heavy atom. The molecule has 1 aliphatic heterocycles. The summed E-state index contributed by atoms with van der Waals surface area (Å²) in [6.07, 6.45) is 1.85. The largest absolute Gasteiger partial charge is 0.370 e. The van der Waals surface area contributed by atoms with Crippen molar-refractivity contribution in [1.82, 2.24) is 9.24 Å². The predicted molar refractivity (Wildman–Crippen MR) is 54.0 cm³/mol. The van der Waals surface area contributed by atoms with Crippen LogP contribution in [0.1, 0.15) is 20.8 Å². The molecule has 0 saturated heterocycles. The molecule has 0 fully saturated rings. The van der Waals surface area contributed by atoms with E-state index in [1.807, 2.05) is 6.08 Å². The van der Waals surface area contributed by atoms with E-state index in [4.69, 9.17) is 5.41 Å². The maximum Gasteiger partial charge on any atom is 0.134 e. The fraction of sp³-hybridized carbons (Fsp3) is 0.625. The van der Waals surface area contributed by atoms with Crippen LogP contribution in [0.25, 0.3) is 0 Å². The molecule has 0 atom stereocenters. The molecule has 0 unspecified atom stereocenters. The van der Waals surface area contributed by atoms with Gasteiger partial charge in [-0.3, -0.25) is 9.34 Å². The maximum atomic E-state index is 7.57. The topological polar surface area (TPSA) is 39.1 Å². The molecule has 0 amide bonds. The quantitative estimate of drug-likeness (QED) is 0.627. The lowest BCUT2D eigenvalue weighted by Crippen LogP contribution is -2.39. The fourth-order valence-corrected chi connectivity index (χ4v) is 1.21. The zero-order chi connectivity index (χ0) is 9.35. The third kappa shape index (κ3) is 2.00. The minimum atomic E-state index is 0.0978. The summed E-state index contributed by atoms with van der Waals surface area (Å²) >= 11 is 3.25. The minimum absolute atomic E-state index is 0.0978. The van der Waals surface area contributed by atoms with Crippen LogP contribution in [0, 0.1) is 10.8 Å². The molecular weight excluding hydrogens is 218 g/mol. The van der Waals surface area contributed by atoms with Crippen molar-refractivity contribution in [3.8, 4) is 0 Å². The van der Waals surface area contributed by atoms with E-state index < -0.39 is 0 Å². The van der Waals surface area contributed by atoms with E-state index in [1.165, 1.54) is 0 Å². The first-order valence-corrected chi connectivity index (χ1v) is 4.60. The van der Waals surface area contributed by atoms with Crippen molar-refractivity contribution >= 4 is 22.0 Å². The van der Waals surface area contributed by atoms with Gasteiger partial charge in [-0.05, 0) is 0 Å². The Morgan fingerprint density at radius 1 is 1.58 bits per heavy atom. The van der Waals surface area contributed by atoms with Crippen molar-refractivity contribution in [1.29, 1.82) is 5.41 Å². The van der Waals surface area contributed by atoms with Gasteiger partial charge in [-0.25, -0.2) is 0 Å². The highest BCUT2D eigenvalue weighted by atomic mass is 79.9. The van der Waals surface area contributed by atoms with Gasteiger partial charge in [0.15, 0.2) is 0 Å². The molecule has 0 aromatic carbocycles. The molecule has 3 nitrogen and oxygen atoms in total. The zero-order valence-electron chi connectivity index (χ0n) is 7.61.